The van der Waals surface area contributed by atoms with Crippen molar-refractivity contribution in [2.45, 2.75) is 6.42 Å². The number of nitrogens with zero attached hydrogens (tertiary/aromatic N) is 2. The van der Waals surface area contributed by atoms with Crippen LogP contribution in [-0.4, -0.2) is 17.7 Å². The fourth-order valence-electron chi connectivity index (χ4n) is 2.12. The van der Waals surface area contributed by atoms with E-state index in [9.17, 15) is 14.8 Å². The van der Waals surface area contributed by atoms with Crippen LogP contribution in [-0.2, 0) is 9.53 Å². The van der Waals surface area contributed by atoms with Gasteiger partial charge in [-0.15, -0.1) is 4.91 Å². The summed E-state index contributed by atoms with van der Waals surface area (Å²) >= 11 is 0. The predicted octanol–water partition coefficient (Wildman–Crippen LogP) is 4.24. The van der Waals surface area contributed by atoms with Crippen LogP contribution in [0.3, 0.4) is 0 Å². The molecule has 1 aliphatic rings. The van der Waals surface area contributed by atoms with E-state index >= 15 is 0 Å². The highest BCUT2D eigenvalue weighted by Gasteiger charge is 2.11. The van der Waals surface area contributed by atoms with Gasteiger partial charge in [-0.1, -0.05) is 42.5 Å². The van der Waals surface area contributed by atoms with Gasteiger partial charge in [0.15, 0.2) is 0 Å². The Morgan fingerprint density at radius 1 is 1.38 bits per heavy atom. The van der Waals surface area contributed by atoms with Crippen molar-refractivity contribution in [1.82, 2.24) is 0 Å². The average Bonchev–Trinajstić information content (AvgIpc) is 2.92. The lowest BCUT2D eigenvalue weighted by Gasteiger charge is -2.02. The maximum atomic E-state index is 12.0. The van der Waals surface area contributed by atoms with E-state index in [0.717, 1.165) is 12.0 Å². The van der Waals surface area contributed by atoms with Crippen LogP contribution in [0.5, 0.6) is 5.75 Å². The number of nitroso groups, excluding NO2 is 1. The van der Waals surface area contributed by atoms with Crippen molar-refractivity contribution < 1.29 is 14.6 Å². The lowest BCUT2D eigenvalue weighted by Crippen LogP contribution is -2.06. The van der Waals surface area contributed by atoms with Crippen LogP contribution in [0.15, 0.2) is 77.1 Å². The van der Waals surface area contributed by atoms with Gasteiger partial charge in [-0.3, -0.25) is 0 Å². The summed E-state index contributed by atoms with van der Waals surface area (Å²) in [5.41, 5.74) is 1.04. The van der Waals surface area contributed by atoms with Gasteiger partial charge in [-0.25, -0.2) is 4.79 Å². The maximum absolute atomic E-state index is 12.0. The van der Waals surface area contributed by atoms with E-state index in [1.54, 1.807) is 12.1 Å². The molecule has 0 fully saturated rings. The van der Waals surface area contributed by atoms with E-state index in [4.69, 9.17) is 10.00 Å². The Morgan fingerprint density at radius 3 is 2.96 bits per heavy atom. The third-order valence-electron chi connectivity index (χ3n) is 3.40. The minimum absolute atomic E-state index is 0.0235. The van der Waals surface area contributed by atoms with Crippen molar-refractivity contribution in [2.24, 2.45) is 5.18 Å². The molecule has 1 N–H and O–H groups in total. The summed E-state index contributed by atoms with van der Waals surface area (Å²) in [6, 6.07) is 5.75. The van der Waals surface area contributed by atoms with Crippen LogP contribution in [0.2, 0.25) is 0 Å². The van der Waals surface area contributed by atoms with Crippen LogP contribution in [0.4, 0.5) is 5.69 Å². The van der Waals surface area contributed by atoms with Gasteiger partial charge in [0, 0.05) is 0 Å². The fraction of sp³-hybridized carbons (Fsp3) is 0.100. The monoisotopic (exact) mass is 348 g/mol. The topological polar surface area (TPSA) is 99.8 Å². The summed E-state index contributed by atoms with van der Waals surface area (Å²) in [4.78, 5) is 22.4. The van der Waals surface area contributed by atoms with Crippen molar-refractivity contribution in [3.05, 3.63) is 82.3 Å². The highest BCUT2D eigenvalue weighted by Crippen LogP contribution is 2.27. The lowest BCUT2D eigenvalue weighted by atomic mass is 10.1. The number of phenolic OH excluding ortho intramolecular Hbond substituents is 1. The molecule has 0 amide bonds. The first-order valence-electron chi connectivity index (χ1n) is 7.79. The van der Waals surface area contributed by atoms with E-state index in [-0.39, 0.29) is 23.6 Å². The molecule has 130 valence electrons. The van der Waals surface area contributed by atoms with Gasteiger partial charge in [-0.2, -0.15) is 5.26 Å². The number of nitriles is 1. The molecule has 0 radical (unpaired) electrons. The number of esters is 1. The normalized spacial score (nSPS) is 13.8. The Kier molecular flexibility index (Phi) is 6.83. The number of hydrogen-bond acceptors (Lipinski definition) is 6. The van der Waals surface area contributed by atoms with Crippen LogP contribution >= 0.6 is 0 Å². The number of ether oxygens (including phenoxy) is 1. The summed E-state index contributed by atoms with van der Waals surface area (Å²) in [7, 11) is 0. The van der Waals surface area contributed by atoms with Crippen molar-refractivity contribution in [1.29, 1.82) is 5.26 Å². The van der Waals surface area contributed by atoms with E-state index in [2.05, 4.69) is 5.18 Å². The van der Waals surface area contributed by atoms with Gasteiger partial charge >= 0.3 is 5.97 Å². The molecule has 0 spiro atoms. The van der Waals surface area contributed by atoms with Crippen molar-refractivity contribution in [3.8, 4) is 11.8 Å². The third kappa shape index (κ3) is 5.42. The van der Waals surface area contributed by atoms with Crippen LogP contribution in [0, 0.1) is 16.2 Å². The second-order valence-electron chi connectivity index (χ2n) is 5.24. The SMILES string of the molecule is N#C/C(=C\c1ccc(N=O)c(O)c1)C(=O)OC/C=C/C1=CCC=CC=C1. The third-order valence-corrected chi connectivity index (χ3v) is 3.40. The molecule has 0 atom stereocenters. The number of allylic oxidation sites excluding steroid dienone is 7. The highest BCUT2D eigenvalue weighted by molar-refractivity contribution is 5.98. The molecule has 6 heteroatoms. The summed E-state index contributed by atoms with van der Waals surface area (Å²) in [6.45, 7) is 0.0235. The summed E-state index contributed by atoms with van der Waals surface area (Å²) < 4.78 is 5.05. The van der Waals surface area contributed by atoms with E-state index in [0.29, 0.717) is 5.56 Å². The smallest absolute Gasteiger partial charge is 0.349 e. The average molecular weight is 348 g/mol. The minimum atomic E-state index is -0.777. The zero-order valence-corrected chi connectivity index (χ0v) is 13.8. The van der Waals surface area contributed by atoms with Crippen molar-refractivity contribution in [2.75, 3.05) is 6.61 Å². The van der Waals surface area contributed by atoms with E-state index in [1.165, 1.54) is 24.3 Å². The molecule has 0 aromatic heterocycles. The van der Waals surface area contributed by atoms with Gasteiger partial charge in [-0.05, 0) is 47.0 Å². The Hall–Kier alpha value is -3.72. The molecule has 1 aromatic carbocycles. The first-order chi connectivity index (χ1) is 12.6. The summed E-state index contributed by atoms with van der Waals surface area (Å²) in [5.74, 6) is -1.11. The zero-order valence-electron chi connectivity index (χ0n) is 13.8. The Balaban J connectivity index is 1.98. The maximum Gasteiger partial charge on any atom is 0.349 e. The van der Waals surface area contributed by atoms with Gasteiger partial charge in [0.05, 0.1) is 0 Å². The van der Waals surface area contributed by atoms with Gasteiger partial charge in [0.2, 0.25) is 0 Å². The molecule has 2 rings (SSSR count). The van der Waals surface area contributed by atoms with E-state index in [1.807, 2.05) is 36.5 Å². The van der Waals surface area contributed by atoms with Crippen molar-refractivity contribution >= 4 is 17.7 Å². The number of carbonyl (C=O) groups is 1. The number of benzene rings is 1. The number of hydrogen-bond donors (Lipinski definition) is 1. The van der Waals surface area contributed by atoms with E-state index < -0.39 is 5.97 Å². The molecule has 0 heterocycles. The second-order valence-corrected chi connectivity index (χ2v) is 5.24. The molecule has 6 nitrogen and oxygen atoms in total. The second kappa shape index (κ2) is 9.55. The van der Waals surface area contributed by atoms with Crippen molar-refractivity contribution in [3.63, 3.8) is 0 Å². The summed E-state index contributed by atoms with van der Waals surface area (Å²) in [6.07, 6.45) is 15.5. The Morgan fingerprint density at radius 2 is 2.23 bits per heavy atom. The molecule has 0 unspecified atom stereocenters. The standard InChI is InChI=1S/C20H16N2O4/c21-14-17(12-16-9-10-18(22-25)19(23)13-16)20(24)26-11-5-8-15-6-3-1-2-4-7-15/h1-3,5-10,12-13,23H,4,11H2/b8-5+,17-12+. The first-order valence-corrected chi connectivity index (χ1v) is 7.79. The Labute approximate surface area is 150 Å². The first kappa shape index (κ1) is 18.6. The minimum Gasteiger partial charge on any atom is -0.506 e. The molecule has 0 saturated heterocycles. The fourth-order valence-corrected chi connectivity index (χ4v) is 2.12. The molecule has 0 saturated carbocycles. The van der Waals surface area contributed by atoms with Crippen LogP contribution in [0.25, 0.3) is 6.08 Å². The number of phenols is 1. The number of aromatic hydroxyl groups is 1. The molecule has 1 aromatic rings. The Bertz CT molecular complexity index is 884. The van der Waals surface area contributed by atoms with Gasteiger partial charge < -0.3 is 9.84 Å². The molecular weight excluding hydrogens is 332 g/mol. The molecule has 0 bridgehead atoms. The predicted molar refractivity (Wildman–Crippen MR) is 98.2 cm³/mol. The highest BCUT2D eigenvalue weighted by atomic mass is 16.5. The summed E-state index contributed by atoms with van der Waals surface area (Å²) in [5, 5.41) is 21.4. The molecule has 0 aliphatic heterocycles. The quantitative estimate of drug-likeness (QED) is 0.359. The molecule has 1 aliphatic carbocycles. The van der Waals surface area contributed by atoms with Crippen LogP contribution in [0.1, 0.15) is 12.0 Å². The van der Waals surface area contributed by atoms with Gasteiger partial charge in [0.1, 0.15) is 29.7 Å². The molecular formula is C20H16N2O4. The number of rotatable bonds is 6. The van der Waals surface area contributed by atoms with Gasteiger partial charge in [0.25, 0.3) is 0 Å². The molecule has 26 heavy (non-hydrogen) atoms. The zero-order chi connectivity index (χ0) is 18.8. The van der Waals surface area contributed by atoms with Crippen LogP contribution < -0.4 is 0 Å². The lowest BCUT2D eigenvalue weighted by molar-refractivity contribution is -0.137. The largest absolute Gasteiger partial charge is 0.506 e. The number of carbonyl (C=O) groups excluding carboxylic acids is 1.